The molecule has 0 atom stereocenters. The van der Waals surface area contributed by atoms with Crippen LogP contribution in [0.2, 0.25) is 5.02 Å². The monoisotopic (exact) mass is 478 g/mol. The Labute approximate surface area is 190 Å². The molecule has 33 heavy (non-hydrogen) atoms. The highest BCUT2D eigenvalue weighted by molar-refractivity contribution is 6.31. The van der Waals surface area contributed by atoms with Crippen molar-refractivity contribution in [1.82, 2.24) is 29.7 Å². The van der Waals surface area contributed by atoms with E-state index in [0.717, 1.165) is 27.6 Å². The zero-order valence-corrected chi connectivity index (χ0v) is 18.3. The van der Waals surface area contributed by atoms with E-state index in [0.29, 0.717) is 5.82 Å². The second-order valence-electron chi connectivity index (χ2n) is 7.50. The van der Waals surface area contributed by atoms with Crippen molar-refractivity contribution >= 4 is 23.0 Å². The van der Waals surface area contributed by atoms with E-state index >= 15 is 0 Å². The standard InChI is InChI=1S/C21H18ClF3N6O2/c1-11-3-4-13(7-12(11)2)18-27-20(33)16-8-14(9-31(16)29-18)19(32)26-5-6-30-10-15(22)17(28-30)21(23,24)25/h3-4,7-10H,5-6H2,1-2H3,(H,26,32)(H,27,29,33). The Kier molecular flexibility index (Phi) is 5.75. The van der Waals surface area contributed by atoms with Crippen LogP contribution in [0.1, 0.15) is 27.2 Å². The van der Waals surface area contributed by atoms with Gasteiger partial charge in [-0.1, -0.05) is 23.7 Å². The van der Waals surface area contributed by atoms with Crippen LogP contribution in [0.25, 0.3) is 16.9 Å². The normalized spacial score (nSPS) is 11.8. The lowest BCUT2D eigenvalue weighted by Gasteiger charge is -2.05. The lowest BCUT2D eigenvalue weighted by molar-refractivity contribution is -0.141. The Hall–Kier alpha value is -3.60. The fourth-order valence-electron chi connectivity index (χ4n) is 3.24. The molecule has 4 rings (SSSR count). The molecule has 0 bridgehead atoms. The number of alkyl halides is 3. The van der Waals surface area contributed by atoms with Crippen LogP contribution in [0.15, 0.2) is 41.5 Å². The molecule has 1 amide bonds. The number of nitrogens with zero attached hydrogens (tertiary/aromatic N) is 4. The first-order valence-electron chi connectivity index (χ1n) is 9.81. The molecule has 2 N–H and O–H groups in total. The van der Waals surface area contributed by atoms with Gasteiger partial charge in [0, 0.05) is 24.5 Å². The van der Waals surface area contributed by atoms with Crippen molar-refractivity contribution in [3.8, 4) is 11.4 Å². The lowest BCUT2D eigenvalue weighted by Crippen LogP contribution is -2.27. The number of aromatic amines is 1. The van der Waals surface area contributed by atoms with E-state index in [1.807, 2.05) is 32.0 Å². The molecule has 0 saturated heterocycles. The Morgan fingerprint density at radius 3 is 2.58 bits per heavy atom. The van der Waals surface area contributed by atoms with Crippen LogP contribution in [0.3, 0.4) is 0 Å². The van der Waals surface area contributed by atoms with Crippen molar-refractivity contribution in [2.45, 2.75) is 26.6 Å². The minimum Gasteiger partial charge on any atom is -0.350 e. The molecule has 8 nitrogen and oxygen atoms in total. The molecule has 0 aliphatic heterocycles. The Morgan fingerprint density at radius 1 is 1.15 bits per heavy atom. The summed E-state index contributed by atoms with van der Waals surface area (Å²) in [6.45, 7) is 3.91. The summed E-state index contributed by atoms with van der Waals surface area (Å²) in [7, 11) is 0. The van der Waals surface area contributed by atoms with Gasteiger partial charge in [-0.2, -0.15) is 18.3 Å². The van der Waals surface area contributed by atoms with Crippen molar-refractivity contribution < 1.29 is 18.0 Å². The quantitative estimate of drug-likeness (QED) is 0.458. The van der Waals surface area contributed by atoms with Gasteiger partial charge in [-0.3, -0.25) is 14.3 Å². The average Bonchev–Trinajstić information content (AvgIpc) is 3.33. The zero-order valence-electron chi connectivity index (χ0n) is 17.5. The summed E-state index contributed by atoms with van der Waals surface area (Å²) in [6.07, 6.45) is -2.20. The van der Waals surface area contributed by atoms with E-state index in [2.05, 4.69) is 20.5 Å². The maximum atomic E-state index is 12.8. The Balaban J connectivity index is 1.49. The van der Waals surface area contributed by atoms with Crippen LogP contribution in [0.5, 0.6) is 0 Å². The highest BCUT2D eigenvalue weighted by Crippen LogP contribution is 2.33. The summed E-state index contributed by atoms with van der Waals surface area (Å²) >= 11 is 5.57. The molecule has 1 aromatic carbocycles. The predicted octanol–water partition coefficient (Wildman–Crippen LogP) is 3.61. The van der Waals surface area contributed by atoms with Crippen molar-refractivity contribution in [2.24, 2.45) is 0 Å². The van der Waals surface area contributed by atoms with E-state index in [1.165, 1.54) is 16.8 Å². The highest BCUT2D eigenvalue weighted by Gasteiger charge is 2.36. The average molecular weight is 479 g/mol. The minimum absolute atomic E-state index is 0.00197. The third-order valence-corrected chi connectivity index (χ3v) is 5.40. The van der Waals surface area contributed by atoms with Gasteiger partial charge in [0.1, 0.15) is 5.52 Å². The Morgan fingerprint density at radius 2 is 1.91 bits per heavy atom. The van der Waals surface area contributed by atoms with E-state index < -0.39 is 28.4 Å². The van der Waals surface area contributed by atoms with Crippen LogP contribution in [0, 0.1) is 13.8 Å². The van der Waals surface area contributed by atoms with E-state index in [1.54, 1.807) is 0 Å². The van der Waals surface area contributed by atoms with Crippen molar-refractivity contribution in [2.75, 3.05) is 6.54 Å². The summed E-state index contributed by atoms with van der Waals surface area (Å²) in [6, 6.07) is 7.06. The number of carbonyl (C=O) groups excluding carboxylic acids is 1. The molecule has 0 aliphatic rings. The molecular weight excluding hydrogens is 461 g/mol. The third-order valence-electron chi connectivity index (χ3n) is 5.13. The molecule has 3 aromatic heterocycles. The highest BCUT2D eigenvalue weighted by atomic mass is 35.5. The van der Waals surface area contributed by atoms with Crippen LogP contribution < -0.4 is 10.9 Å². The third kappa shape index (κ3) is 4.63. The van der Waals surface area contributed by atoms with Gasteiger partial charge in [-0.25, -0.2) is 4.52 Å². The van der Waals surface area contributed by atoms with Gasteiger partial charge in [-0.05, 0) is 37.1 Å². The summed E-state index contributed by atoms with van der Waals surface area (Å²) in [5.41, 5.74) is 1.65. The second kappa shape index (κ2) is 8.39. The molecule has 0 spiro atoms. The number of aryl methyl sites for hydroxylation is 2. The fourth-order valence-corrected chi connectivity index (χ4v) is 3.50. The molecule has 0 aliphatic carbocycles. The molecule has 172 valence electrons. The smallest absolute Gasteiger partial charge is 0.350 e. The number of fused-ring (bicyclic) bond motifs is 1. The van der Waals surface area contributed by atoms with Gasteiger partial charge in [-0.15, -0.1) is 5.10 Å². The maximum Gasteiger partial charge on any atom is 0.436 e. The van der Waals surface area contributed by atoms with Crippen molar-refractivity contribution in [1.29, 1.82) is 0 Å². The molecular formula is C21H18ClF3N6O2. The molecule has 0 radical (unpaired) electrons. The first kappa shape index (κ1) is 22.6. The number of H-pyrrole nitrogens is 1. The summed E-state index contributed by atoms with van der Waals surface area (Å²) in [5.74, 6) is -0.156. The van der Waals surface area contributed by atoms with Gasteiger partial charge in [0.25, 0.3) is 11.5 Å². The molecule has 0 saturated carbocycles. The SMILES string of the molecule is Cc1ccc(-c2nn3cc(C(=O)NCCn4cc(Cl)c(C(F)(F)F)n4)cc3c(=O)[nH]2)cc1C. The second-order valence-corrected chi connectivity index (χ2v) is 7.91. The molecule has 12 heteroatoms. The van der Waals surface area contributed by atoms with Crippen molar-refractivity contribution in [3.63, 3.8) is 0 Å². The van der Waals surface area contributed by atoms with Crippen LogP contribution in [0.4, 0.5) is 13.2 Å². The van der Waals surface area contributed by atoms with Crippen LogP contribution >= 0.6 is 11.6 Å². The summed E-state index contributed by atoms with van der Waals surface area (Å²) in [4.78, 5) is 27.7. The number of hydrogen-bond acceptors (Lipinski definition) is 4. The van der Waals surface area contributed by atoms with E-state index in [9.17, 15) is 22.8 Å². The number of amides is 1. The van der Waals surface area contributed by atoms with Crippen LogP contribution in [-0.4, -0.2) is 36.8 Å². The molecule has 4 aromatic rings. The number of carbonyl (C=O) groups is 1. The number of rotatable bonds is 5. The van der Waals surface area contributed by atoms with Gasteiger partial charge in [0.15, 0.2) is 11.5 Å². The number of benzene rings is 1. The largest absolute Gasteiger partial charge is 0.436 e. The van der Waals surface area contributed by atoms with Gasteiger partial charge >= 0.3 is 6.18 Å². The van der Waals surface area contributed by atoms with Gasteiger partial charge in [0.05, 0.1) is 17.1 Å². The molecule has 3 heterocycles. The first-order valence-corrected chi connectivity index (χ1v) is 10.2. The van der Waals surface area contributed by atoms with Gasteiger partial charge < -0.3 is 10.3 Å². The zero-order chi connectivity index (χ0) is 23.9. The summed E-state index contributed by atoms with van der Waals surface area (Å²) < 4.78 is 40.7. The van der Waals surface area contributed by atoms with Gasteiger partial charge in [0.2, 0.25) is 0 Å². The fraction of sp³-hybridized carbons (Fsp3) is 0.238. The maximum absolute atomic E-state index is 12.8. The van der Waals surface area contributed by atoms with Crippen LogP contribution in [-0.2, 0) is 12.7 Å². The Bertz CT molecular complexity index is 1420. The lowest BCUT2D eigenvalue weighted by atomic mass is 10.1. The predicted molar refractivity (Wildman–Crippen MR) is 115 cm³/mol. The van der Waals surface area contributed by atoms with Crippen molar-refractivity contribution in [3.05, 3.63) is 74.4 Å². The number of hydrogen-bond donors (Lipinski definition) is 2. The molecule has 0 fully saturated rings. The van der Waals surface area contributed by atoms with E-state index in [-0.39, 0.29) is 24.2 Å². The van der Waals surface area contributed by atoms with E-state index in [4.69, 9.17) is 11.6 Å². The topological polar surface area (TPSA) is 97.1 Å². The molecule has 0 unspecified atom stereocenters. The summed E-state index contributed by atoms with van der Waals surface area (Å²) in [5, 5.41) is 9.85. The first-order chi connectivity index (χ1) is 15.5. The minimum atomic E-state index is -4.66. The number of aromatic nitrogens is 5. The number of nitrogens with one attached hydrogen (secondary N) is 2. The number of halogens is 4.